The molecule has 2 N–H and O–H groups in total. The normalized spacial score (nSPS) is 13.5. The minimum Gasteiger partial charge on any atom is -0.354 e. The van der Waals surface area contributed by atoms with E-state index < -0.39 is 0 Å². The molecule has 0 spiro atoms. The number of likely N-dealkylation sites (N-methyl/N-ethyl adjacent to an activating group) is 2. The minimum absolute atomic E-state index is 0.0289. The Morgan fingerprint density at radius 3 is 2.23 bits per heavy atom. The fraction of sp³-hybridized carbons (Fsp3) is 0.179. The number of benzene rings is 3. The Labute approximate surface area is 205 Å². The molecule has 178 valence electrons. The summed E-state index contributed by atoms with van der Waals surface area (Å²) >= 11 is 0. The molecule has 0 fully saturated rings. The first-order valence-corrected chi connectivity index (χ1v) is 11.5. The number of nitrogens with one attached hydrogen (secondary N) is 2. The van der Waals surface area contributed by atoms with Crippen molar-refractivity contribution in [2.45, 2.75) is 13.8 Å². The van der Waals surface area contributed by atoms with Crippen LogP contribution < -0.4 is 15.5 Å². The van der Waals surface area contributed by atoms with Crippen LogP contribution in [-0.2, 0) is 14.4 Å². The van der Waals surface area contributed by atoms with E-state index in [0.29, 0.717) is 23.5 Å². The standard InChI is InChI=1S/C28H28N4O3/c1-4-32(19(2)33)18-25(34)31(3)22-16-14-21(15-17-22)29-27(20-10-6-5-7-11-20)26-23-12-8-9-13-24(23)30-28(26)35/h5-17,29H,4,18H2,1-3H3,(H,30,35)/b27-26-. The molecule has 0 saturated carbocycles. The van der Waals surface area contributed by atoms with E-state index in [-0.39, 0.29) is 24.3 Å². The van der Waals surface area contributed by atoms with E-state index in [9.17, 15) is 14.4 Å². The van der Waals surface area contributed by atoms with Crippen molar-refractivity contribution in [2.75, 3.05) is 35.7 Å². The maximum absolute atomic E-state index is 12.9. The number of anilines is 3. The van der Waals surface area contributed by atoms with Crippen LogP contribution >= 0.6 is 0 Å². The maximum Gasteiger partial charge on any atom is 0.258 e. The van der Waals surface area contributed by atoms with Gasteiger partial charge in [-0.25, -0.2) is 0 Å². The van der Waals surface area contributed by atoms with Crippen LogP contribution in [0.25, 0.3) is 11.3 Å². The molecule has 0 saturated heterocycles. The van der Waals surface area contributed by atoms with Crippen molar-refractivity contribution in [3.05, 3.63) is 90.0 Å². The highest BCUT2D eigenvalue weighted by Crippen LogP contribution is 2.37. The van der Waals surface area contributed by atoms with Gasteiger partial charge in [-0.05, 0) is 42.8 Å². The Kier molecular flexibility index (Phi) is 6.96. The molecule has 3 amide bonds. The number of fused-ring (bicyclic) bond motifs is 1. The molecule has 0 unspecified atom stereocenters. The quantitative estimate of drug-likeness (QED) is 0.502. The summed E-state index contributed by atoms with van der Waals surface area (Å²) in [6, 6.07) is 24.7. The lowest BCUT2D eigenvalue weighted by Gasteiger charge is -2.23. The first-order chi connectivity index (χ1) is 16.9. The predicted molar refractivity (Wildman–Crippen MR) is 140 cm³/mol. The molecule has 0 atom stereocenters. The molecule has 1 aliphatic rings. The molecule has 7 nitrogen and oxygen atoms in total. The van der Waals surface area contributed by atoms with Crippen molar-refractivity contribution >= 4 is 46.1 Å². The van der Waals surface area contributed by atoms with Gasteiger partial charge in [0, 0.05) is 43.1 Å². The number of amides is 3. The van der Waals surface area contributed by atoms with E-state index in [2.05, 4.69) is 10.6 Å². The molecular weight excluding hydrogens is 440 g/mol. The second-order valence-electron chi connectivity index (χ2n) is 8.27. The number of rotatable bonds is 7. The predicted octanol–water partition coefficient (Wildman–Crippen LogP) is 4.45. The summed E-state index contributed by atoms with van der Waals surface area (Å²) in [5.41, 5.74) is 5.27. The van der Waals surface area contributed by atoms with E-state index >= 15 is 0 Å². The van der Waals surface area contributed by atoms with Gasteiger partial charge in [0.2, 0.25) is 11.8 Å². The zero-order chi connectivity index (χ0) is 24.9. The molecule has 1 aliphatic heterocycles. The van der Waals surface area contributed by atoms with Crippen molar-refractivity contribution in [3.8, 4) is 0 Å². The Morgan fingerprint density at radius 1 is 0.914 bits per heavy atom. The molecule has 0 bridgehead atoms. The van der Waals surface area contributed by atoms with Crippen LogP contribution in [0.1, 0.15) is 25.0 Å². The van der Waals surface area contributed by atoms with Gasteiger partial charge < -0.3 is 20.4 Å². The highest BCUT2D eigenvalue weighted by molar-refractivity contribution is 6.37. The van der Waals surface area contributed by atoms with Gasteiger partial charge in [-0.15, -0.1) is 0 Å². The maximum atomic E-state index is 12.9. The van der Waals surface area contributed by atoms with Crippen LogP contribution in [0.4, 0.5) is 17.1 Å². The molecule has 0 aromatic heterocycles. The molecular formula is C28H28N4O3. The molecule has 4 rings (SSSR count). The molecule has 3 aromatic rings. The highest BCUT2D eigenvalue weighted by atomic mass is 16.2. The monoisotopic (exact) mass is 468 g/mol. The van der Waals surface area contributed by atoms with E-state index in [1.807, 2.05) is 85.8 Å². The number of para-hydroxylation sites is 1. The van der Waals surface area contributed by atoms with Gasteiger partial charge in [0.25, 0.3) is 5.91 Å². The molecule has 0 radical (unpaired) electrons. The average Bonchev–Trinajstić information content (AvgIpc) is 3.21. The van der Waals surface area contributed by atoms with Crippen LogP contribution in [0.5, 0.6) is 0 Å². The van der Waals surface area contributed by atoms with Gasteiger partial charge in [0.05, 0.1) is 11.3 Å². The molecule has 0 aliphatic carbocycles. The zero-order valence-corrected chi connectivity index (χ0v) is 20.0. The van der Waals surface area contributed by atoms with Gasteiger partial charge in [0.15, 0.2) is 0 Å². The number of carbonyl (C=O) groups is 3. The molecule has 35 heavy (non-hydrogen) atoms. The Morgan fingerprint density at radius 2 is 1.57 bits per heavy atom. The number of hydrogen-bond acceptors (Lipinski definition) is 4. The Balaban J connectivity index is 1.62. The SMILES string of the molecule is CCN(CC(=O)N(C)c1ccc(N/C(=C2\C(=O)Nc3ccccc32)c2ccccc2)cc1)C(C)=O. The van der Waals surface area contributed by atoms with Crippen LogP contribution in [0.3, 0.4) is 0 Å². The van der Waals surface area contributed by atoms with Gasteiger partial charge in [-0.1, -0.05) is 48.5 Å². The third-order valence-electron chi connectivity index (χ3n) is 6.04. The van der Waals surface area contributed by atoms with Crippen molar-refractivity contribution in [1.29, 1.82) is 0 Å². The third kappa shape index (κ3) is 5.09. The fourth-order valence-electron chi connectivity index (χ4n) is 4.02. The lowest BCUT2D eigenvalue weighted by molar-refractivity contribution is -0.133. The summed E-state index contributed by atoms with van der Waals surface area (Å²) in [7, 11) is 1.69. The van der Waals surface area contributed by atoms with Crippen molar-refractivity contribution in [2.24, 2.45) is 0 Å². The fourth-order valence-corrected chi connectivity index (χ4v) is 4.02. The van der Waals surface area contributed by atoms with Crippen molar-refractivity contribution in [1.82, 2.24) is 4.90 Å². The Bertz CT molecular complexity index is 1280. The summed E-state index contributed by atoms with van der Waals surface area (Å²) in [4.78, 5) is 40.3. The largest absolute Gasteiger partial charge is 0.354 e. The lowest BCUT2D eigenvalue weighted by Crippen LogP contribution is -2.40. The van der Waals surface area contributed by atoms with Crippen molar-refractivity contribution in [3.63, 3.8) is 0 Å². The van der Waals surface area contributed by atoms with Gasteiger partial charge in [-0.2, -0.15) is 0 Å². The van der Waals surface area contributed by atoms with Crippen molar-refractivity contribution < 1.29 is 14.4 Å². The first-order valence-electron chi connectivity index (χ1n) is 11.5. The summed E-state index contributed by atoms with van der Waals surface area (Å²) in [5, 5.41) is 6.36. The lowest BCUT2D eigenvalue weighted by atomic mass is 10.00. The summed E-state index contributed by atoms with van der Waals surface area (Å²) in [6.07, 6.45) is 0. The van der Waals surface area contributed by atoms with Crippen LogP contribution in [0.2, 0.25) is 0 Å². The van der Waals surface area contributed by atoms with E-state index in [4.69, 9.17) is 0 Å². The van der Waals surface area contributed by atoms with Crippen LogP contribution in [-0.4, -0.2) is 42.8 Å². The number of carbonyl (C=O) groups excluding carboxylic acids is 3. The van der Waals surface area contributed by atoms with E-state index in [1.54, 1.807) is 7.05 Å². The van der Waals surface area contributed by atoms with Crippen LogP contribution in [0, 0.1) is 0 Å². The van der Waals surface area contributed by atoms with Crippen LogP contribution in [0.15, 0.2) is 78.9 Å². The second kappa shape index (κ2) is 10.3. The van der Waals surface area contributed by atoms with Gasteiger partial charge in [0.1, 0.15) is 6.54 Å². The molecule has 7 heteroatoms. The number of nitrogens with zero attached hydrogens (tertiary/aromatic N) is 2. The summed E-state index contributed by atoms with van der Waals surface area (Å²) < 4.78 is 0. The third-order valence-corrected chi connectivity index (χ3v) is 6.04. The highest BCUT2D eigenvalue weighted by Gasteiger charge is 2.28. The van der Waals surface area contributed by atoms with E-state index in [1.165, 1.54) is 16.7 Å². The zero-order valence-electron chi connectivity index (χ0n) is 20.0. The topological polar surface area (TPSA) is 81.8 Å². The minimum atomic E-state index is -0.172. The second-order valence-corrected chi connectivity index (χ2v) is 8.27. The van der Waals surface area contributed by atoms with Gasteiger partial charge in [-0.3, -0.25) is 14.4 Å². The Hall–Kier alpha value is -4.39. The van der Waals surface area contributed by atoms with Gasteiger partial charge >= 0.3 is 0 Å². The number of hydrogen-bond donors (Lipinski definition) is 2. The first kappa shape index (κ1) is 23.8. The smallest absolute Gasteiger partial charge is 0.258 e. The summed E-state index contributed by atoms with van der Waals surface area (Å²) in [5.74, 6) is -0.465. The molecule has 1 heterocycles. The summed E-state index contributed by atoms with van der Waals surface area (Å²) in [6.45, 7) is 3.81. The molecule has 3 aromatic carbocycles. The average molecular weight is 469 g/mol. The van der Waals surface area contributed by atoms with E-state index in [0.717, 1.165) is 22.5 Å².